The van der Waals surface area contributed by atoms with Crippen LogP contribution in [0.5, 0.6) is 0 Å². The number of rotatable bonds is 2. The standard InChI is InChI=1S/C24H24N.C20H14N.Ir/c1-23(2,3)17-12-13-25-22(15-17)16-10-11-21-19(14-16)18-8-6-7-9-20(18)24(21,4)5;1-14-10-11-21-20(12-14)17-9-8-16-7-6-15-4-2-3-5-18(15)19(16)13-17;/h6-9,11-15H,1-5H3;2-8,10-13H,1H3;/q2*-1;. The van der Waals surface area contributed by atoms with Crippen LogP contribution in [0.1, 0.15) is 56.9 Å². The van der Waals surface area contributed by atoms with E-state index in [1.807, 2.05) is 18.5 Å². The van der Waals surface area contributed by atoms with E-state index in [0.717, 1.165) is 22.5 Å². The molecule has 1 radical (unpaired) electrons. The summed E-state index contributed by atoms with van der Waals surface area (Å²) in [6, 6.07) is 45.5. The average molecular weight is 787 g/mol. The molecule has 47 heavy (non-hydrogen) atoms. The van der Waals surface area contributed by atoms with Crippen LogP contribution in [0.2, 0.25) is 0 Å². The zero-order chi connectivity index (χ0) is 32.1. The normalized spacial score (nSPS) is 12.9. The summed E-state index contributed by atoms with van der Waals surface area (Å²) >= 11 is 0. The Balaban J connectivity index is 0.000000163. The Morgan fingerprint density at radius 1 is 0.596 bits per heavy atom. The SMILES string of the molecule is CC(C)(C)c1ccnc(-c2[c-]cc3c(c2)-c2ccccc2C3(C)C)c1.Cc1ccnc(-c2[c-]cc3ccc4ccccc4c3c2)c1.[Ir]. The molecule has 8 rings (SSSR count). The largest absolute Gasteiger partial charge is 0.305 e. The second kappa shape index (κ2) is 12.6. The summed E-state index contributed by atoms with van der Waals surface area (Å²) in [5, 5.41) is 5.01. The molecule has 7 aromatic rings. The molecule has 0 amide bonds. The molecule has 0 fully saturated rings. The first kappa shape index (κ1) is 32.5. The van der Waals surface area contributed by atoms with Gasteiger partial charge in [0, 0.05) is 32.5 Å². The molecular weight excluding hydrogens is 749 g/mol. The predicted molar refractivity (Wildman–Crippen MR) is 193 cm³/mol. The zero-order valence-electron chi connectivity index (χ0n) is 27.8. The maximum Gasteiger partial charge on any atom is 0.0163 e. The summed E-state index contributed by atoms with van der Waals surface area (Å²) in [6.07, 6.45) is 3.76. The fraction of sp³-hybridized carbons (Fsp3) is 0.182. The van der Waals surface area contributed by atoms with Crippen molar-refractivity contribution in [3.8, 4) is 33.6 Å². The van der Waals surface area contributed by atoms with Crippen molar-refractivity contribution in [2.24, 2.45) is 0 Å². The average Bonchev–Trinajstić information content (AvgIpc) is 3.30. The summed E-state index contributed by atoms with van der Waals surface area (Å²) in [7, 11) is 0. The number of hydrogen-bond donors (Lipinski definition) is 0. The zero-order valence-corrected chi connectivity index (χ0v) is 30.2. The van der Waals surface area contributed by atoms with E-state index < -0.39 is 0 Å². The molecular formula is C44H38IrN2-2. The van der Waals surface area contributed by atoms with E-state index >= 15 is 0 Å². The molecule has 0 unspecified atom stereocenters. The Morgan fingerprint density at radius 2 is 1.26 bits per heavy atom. The second-order valence-corrected chi connectivity index (χ2v) is 13.9. The van der Waals surface area contributed by atoms with Gasteiger partial charge in [0.1, 0.15) is 0 Å². The molecule has 0 saturated carbocycles. The van der Waals surface area contributed by atoms with E-state index in [-0.39, 0.29) is 30.9 Å². The third-order valence-corrected chi connectivity index (χ3v) is 9.28. The van der Waals surface area contributed by atoms with E-state index in [0.29, 0.717) is 0 Å². The Hall–Kier alpha value is -4.43. The molecule has 2 heterocycles. The number of hydrogen-bond acceptors (Lipinski definition) is 2. The van der Waals surface area contributed by atoms with Gasteiger partial charge in [-0.05, 0) is 68.7 Å². The van der Waals surface area contributed by atoms with Gasteiger partial charge in [0.05, 0.1) is 0 Å². The van der Waals surface area contributed by atoms with E-state index in [4.69, 9.17) is 0 Å². The number of nitrogens with zero attached hydrogens (tertiary/aromatic N) is 2. The minimum absolute atomic E-state index is 0. The molecule has 3 heteroatoms. The molecule has 1 aliphatic carbocycles. The van der Waals surface area contributed by atoms with E-state index in [1.54, 1.807) is 0 Å². The summed E-state index contributed by atoms with van der Waals surface area (Å²) < 4.78 is 0. The monoisotopic (exact) mass is 787 g/mol. The topological polar surface area (TPSA) is 25.8 Å². The predicted octanol–water partition coefficient (Wildman–Crippen LogP) is 11.3. The van der Waals surface area contributed by atoms with Gasteiger partial charge in [0.25, 0.3) is 0 Å². The third-order valence-electron chi connectivity index (χ3n) is 9.28. The van der Waals surface area contributed by atoms with Gasteiger partial charge in [-0.2, -0.15) is 0 Å². The molecule has 5 aromatic carbocycles. The van der Waals surface area contributed by atoms with Gasteiger partial charge in [-0.25, -0.2) is 0 Å². The van der Waals surface area contributed by atoms with Crippen LogP contribution in [0.15, 0.2) is 122 Å². The van der Waals surface area contributed by atoms with Crippen molar-refractivity contribution in [2.75, 3.05) is 0 Å². The quantitative estimate of drug-likeness (QED) is 0.129. The smallest absolute Gasteiger partial charge is 0.0163 e. The maximum absolute atomic E-state index is 4.61. The molecule has 0 aliphatic heterocycles. The molecule has 0 saturated heterocycles. The first-order chi connectivity index (χ1) is 22.1. The van der Waals surface area contributed by atoms with Crippen LogP contribution in [0.25, 0.3) is 55.2 Å². The second-order valence-electron chi connectivity index (χ2n) is 13.9. The summed E-state index contributed by atoms with van der Waals surface area (Å²) in [4.78, 5) is 9.08. The summed E-state index contributed by atoms with van der Waals surface area (Å²) in [5.74, 6) is 0. The molecule has 235 valence electrons. The van der Waals surface area contributed by atoms with Crippen LogP contribution in [0.3, 0.4) is 0 Å². The number of pyridine rings is 2. The molecule has 0 atom stereocenters. The number of fused-ring (bicyclic) bond motifs is 6. The third kappa shape index (κ3) is 6.19. The Bertz CT molecular complexity index is 2240. The van der Waals surface area contributed by atoms with Crippen LogP contribution < -0.4 is 0 Å². The van der Waals surface area contributed by atoms with Gasteiger partial charge >= 0.3 is 0 Å². The number of aryl methyl sites for hydroxylation is 1. The maximum atomic E-state index is 4.61. The van der Waals surface area contributed by atoms with Crippen molar-refractivity contribution in [3.63, 3.8) is 0 Å². The van der Waals surface area contributed by atoms with Crippen LogP contribution >= 0.6 is 0 Å². The molecule has 1 aliphatic rings. The minimum atomic E-state index is 0. The van der Waals surface area contributed by atoms with Gasteiger partial charge in [-0.15, -0.1) is 53.1 Å². The summed E-state index contributed by atoms with van der Waals surface area (Å²) in [6.45, 7) is 13.4. The van der Waals surface area contributed by atoms with Crippen molar-refractivity contribution in [1.82, 2.24) is 9.97 Å². The van der Waals surface area contributed by atoms with E-state index in [1.165, 1.54) is 54.9 Å². The van der Waals surface area contributed by atoms with Crippen LogP contribution in [-0.2, 0) is 30.9 Å². The number of benzene rings is 5. The van der Waals surface area contributed by atoms with Gasteiger partial charge < -0.3 is 9.97 Å². The van der Waals surface area contributed by atoms with Crippen molar-refractivity contribution in [1.29, 1.82) is 0 Å². The molecule has 2 nitrogen and oxygen atoms in total. The Morgan fingerprint density at radius 3 is 2.04 bits per heavy atom. The van der Waals surface area contributed by atoms with Crippen LogP contribution in [-0.4, -0.2) is 9.97 Å². The fourth-order valence-corrected chi connectivity index (χ4v) is 6.60. The molecule has 0 N–H and O–H groups in total. The molecule has 2 aromatic heterocycles. The molecule has 0 spiro atoms. The van der Waals surface area contributed by atoms with Crippen molar-refractivity contribution < 1.29 is 20.1 Å². The molecule has 0 bridgehead atoms. The Labute approximate surface area is 292 Å². The van der Waals surface area contributed by atoms with Gasteiger partial charge in [0.2, 0.25) is 0 Å². The van der Waals surface area contributed by atoms with Crippen LogP contribution in [0.4, 0.5) is 0 Å². The van der Waals surface area contributed by atoms with Crippen LogP contribution in [0, 0.1) is 19.1 Å². The van der Waals surface area contributed by atoms with Crippen molar-refractivity contribution in [2.45, 2.75) is 52.4 Å². The fourth-order valence-electron chi connectivity index (χ4n) is 6.60. The van der Waals surface area contributed by atoms with E-state index in [9.17, 15) is 0 Å². The van der Waals surface area contributed by atoms with Gasteiger partial charge in [-0.3, -0.25) is 0 Å². The van der Waals surface area contributed by atoms with Gasteiger partial charge in [-0.1, -0.05) is 129 Å². The van der Waals surface area contributed by atoms with Gasteiger partial charge in [0.15, 0.2) is 0 Å². The van der Waals surface area contributed by atoms with E-state index in [2.05, 4.69) is 167 Å². The Kier molecular flexibility index (Phi) is 8.74. The summed E-state index contributed by atoms with van der Waals surface area (Å²) in [5.41, 5.74) is 12.1. The first-order valence-corrected chi connectivity index (χ1v) is 16.0. The van der Waals surface area contributed by atoms with Crippen molar-refractivity contribution >= 4 is 21.5 Å². The minimum Gasteiger partial charge on any atom is -0.305 e. The first-order valence-electron chi connectivity index (χ1n) is 16.0. The van der Waals surface area contributed by atoms with Crippen molar-refractivity contribution in [3.05, 3.63) is 156 Å². The number of aromatic nitrogens is 2.